The number of amides is 1. The summed E-state index contributed by atoms with van der Waals surface area (Å²) in [7, 11) is 0. The number of nitriles is 1. The number of carbonyl (C=O) groups is 1. The number of rotatable bonds is 4. The van der Waals surface area contributed by atoms with Crippen molar-refractivity contribution in [2.24, 2.45) is 11.3 Å². The molecule has 0 spiro atoms. The molecule has 1 aliphatic rings. The molecule has 0 radical (unpaired) electrons. The van der Waals surface area contributed by atoms with Crippen molar-refractivity contribution in [2.75, 3.05) is 5.32 Å². The van der Waals surface area contributed by atoms with E-state index in [9.17, 15) is 10.1 Å². The topological polar surface area (TPSA) is 65.8 Å². The van der Waals surface area contributed by atoms with Crippen LogP contribution in [0.3, 0.4) is 0 Å². The maximum Gasteiger partial charge on any atom is 0.237 e. The third kappa shape index (κ3) is 4.74. The molecule has 1 aliphatic carbocycles. The molecule has 2 atom stereocenters. The number of hydrogen-bond donors (Lipinski definition) is 1. The molecule has 1 heterocycles. The van der Waals surface area contributed by atoms with E-state index in [4.69, 9.17) is 4.98 Å². The van der Waals surface area contributed by atoms with Gasteiger partial charge in [0.05, 0.1) is 10.8 Å². The monoisotopic (exact) mass is 393 g/mol. The lowest BCUT2D eigenvalue weighted by Crippen LogP contribution is -2.27. The summed E-state index contributed by atoms with van der Waals surface area (Å²) in [6, 6.07) is 13.7. The van der Waals surface area contributed by atoms with Crippen molar-refractivity contribution in [3.05, 3.63) is 53.2 Å². The molecule has 1 amide bonds. The largest absolute Gasteiger partial charge is 0.325 e. The van der Waals surface area contributed by atoms with Gasteiger partial charge in [0.15, 0.2) is 0 Å². The number of para-hydroxylation sites is 1. The fourth-order valence-electron chi connectivity index (χ4n) is 3.54. The first kappa shape index (κ1) is 20.4. The van der Waals surface area contributed by atoms with Crippen LogP contribution >= 0.6 is 11.8 Å². The molecule has 28 heavy (non-hydrogen) atoms. The van der Waals surface area contributed by atoms with Crippen molar-refractivity contribution in [1.29, 1.82) is 5.26 Å². The lowest BCUT2D eigenvalue weighted by molar-refractivity contribution is -0.115. The zero-order valence-electron chi connectivity index (χ0n) is 17.0. The minimum atomic E-state index is -0.344. The number of nitrogens with one attached hydrogen (secondary N) is 1. The molecule has 1 aromatic heterocycles. The van der Waals surface area contributed by atoms with Gasteiger partial charge in [0, 0.05) is 11.4 Å². The van der Waals surface area contributed by atoms with Gasteiger partial charge in [-0.15, -0.1) is 0 Å². The van der Waals surface area contributed by atoms with Crippen LogP contribution in [0.2, 0.25) is 0 Å². The van der Waals surface area contributed by atoms with Gasteiger partial charge in [-0.3, -0.25) is 4.79 Å². The van der Waals surface area contributed by atoms with E-state index in [0.29, 0.717) is 16.5 Å². The molecule has 1 N–H and O–H groups in total. The number of hydrogen-bond acceptors (Lipinski definition) is 4. The molecular weight excluding hydrogens is 366 g/mol. The van der Waals surface area contributed by atoms with Crippen LogP contribution in [0.5, 0.6) is 0 Å². The van der Waals surface area contributed by atoms with Gasteiger partial charge in [0.25, 0.3) is 0 Å². The Morgan fingerprint density at radius 1 is 1.32 bits per heavy atom. The number of carbonyl (C=O) groups excluding carboxylic acids is 1. The highest BCUT2D eigenvalue weighted by Gasteiger charge is 2.30. The standard InChI is InChI=1S/C23H27N3OS/c1-15(21(27)25-19-8-6-5-7-9-19)28-22-17(14-24)12-16-13-18(23(2,3)4)10-11-20(16)26-22/h5-9,12,15,18H,10-11,13H2,1-4H3,(H,25,27). The van der Waals surface area contributed by atoms with Gasteiger partial charge in [-0.25, -0.2) is 4.98 Å². The van der Waals surface area contributed by atoms with Crippen LogP contribution in [-0.4, -0.2) is 16.1 Å². The van der Waals surface area contributed by atoms with Crippen molar-refractivity contribution < 1.29 is 4.79 Å². The molecular formula is C23H27N3OS. The minimum Gasteiger partial charge on any atom is -0.325 e. The van der Waals surface area contributed by atoms with Crippen LogP contribution in [0.25, 0.3) is 0 Å². The van der Waals surface area contributed by atoms with Crippen molar-refractivity contribution in [3.63, 3.8) is 0 Å². The fourth-order valence-corrected chi connectivity index (χ4v) is 4.44. The predicted octanol–water partition coefficient (Wildman–Crippen LogP) is 5.22. The second-order valence-electron chi connectivity index (χ2n) is 8.48. The summed E-state index contributed by atoms with van der Waals surface area (Å²) in [5, 5.41) is 12.9. The number of anilines is 1. The Morgan fingerprint density at radius 3 is 2.68 bits per heavy atom. The second kappa shape index (κ2) is 8.36. The molecule has 2 aromatic rings. The Balaban J connectivity index is 1.76. The van der Waals surface area contributed by atoms with Gasteiger partial charge in [-0.2, -0.15) is 5.26 Å². The molecule has 0 fully saturated rings. The van der Waals surface area contributed by atoms with Crippen LogP contribution in [0.1, 0.15) is 50.9 Å². The molecule has 3 rings (SSSR count). The zero-order chi connectivity index (χ0) is 20.3. The highest BCUT2D eigenvalue weighted by Crippen LogP contribution is 2.38. The van der Waals surface area contributed by atoms with Crippen LogP contribution in [0.15, 0.2) is 41.4 Å². The summed E-state index contributed by atoms with van der Waals surface area (Å²) < 4.78 is 0. The maximum atomic E-state index is 12.5. The van der Waals surface area contributed by atoms with E-state index in [-0.39, 0.29) is 16.6 Å². The summed E-state index contributed by atoms with van der Waals surface area (Å²) in [5.74, 6) is 0.509. The lowest BCUT2D eigenvalue weighted by atomic mass is 9.71. The highest BCUT2D eigenvalue weighted by atomic mass is 32.2. The van der Waals surface area contributed by atoms with E-state index in [0.717, 1.165) is 30.6 Å². The molecule has 0 saturated carbocycles. The lowest BCUT2D eigenvalue weighted by Gasteiger charge is -2.34. The Kier molecular flexibility index (Phi) is 6.10. The smallest absolute Gasteiger partial charge is 0.237 e. The van der Waals surface area contributed by atoms with E-state index >= 15 is 0 Å². The molecule has 4 nitrogen and oxygen atoms in total. The van der Waals surface area contributed by atoms with Crippen molar-refractivity contribution >= 4 is 23.4 Å². The molecule has 5 heteroatoms. The predicted molar refractivity (Wildman–Crippen MR) is 114 cm³/mol. The first-order chi connectivity index (χ1) is 13.3. The molecule has 0 aliphatic heterocycles. The zero-order valence-corrected chi connectivity index (χ0v) is 17.8. The molecule has 146 valence electrons. The van der Waals surface area contributed by atoms with Gasteiger partial charge in [0.2, 0.25) is 5.91 Å². The molecule has 0 bridgehead atoms. The third-order valence-corrected chi connectivity index (χ3v) is 6.50. The summed E-state index contributed by atoms with van der Waals surface area (Å²) >= 11 is 1.36. The Morgan fingerprint density at radius 2 is 2.04 bits per heavy atom. The summed E-state index contributed by atoms with van der Waals surface area (Å²) in [6.07, 6.45) is 3.01. The summed E-state index contributed by atoms with van der Waals surface area (Å²) in [5.41, 5.74) is 3.86. The Bertz CT molecular complexity index is 897. The van der Waals surface area contributed by atoms with Crippen LogP contribution in [-0.2, 0) is 17.6 Å². The van der Waals surface area contributed by atoms with E-state index in [1.807, 2.05) is 43.3 Å². The molecule has 1 aromatic carbocycles. The van der Waals surface area contributed by atoms with Gasteiger partial charge in [-0.05, 0) is 61.3 Å². The van der Waals surface area contributed by atoms with E-state index in [2.05, 4.69) is 32.2 Å². The van der Waals surface area contributed by atoms with E-state index < -0.39 is 0 Å². The van der Waals surface area contributed by atoms with Crippen molar-refractivity contribution in [3.8, 4) is 6.07 Å². The second-order valence-corrected chi connectivity index (χ2v) is 9.81. The average molecular weight is 394 g/mol. The van der Waals surface area contributed by atoms with Crippen LogP contribution in [0, 0.1) is 22.7 Å². The number of benzene rings is 1. The fraction of sp³-hybridized carbons (Fsp3) is 0.435. The number of aryl methyl sites for hydroxylation is 1. The minimum absolute atomic E-state index is 0.0904. The van der Waals surface area contributed by atoms with Gasteiger partial charge < -0.3 is 5.32 Å². The van der Waals surface area contributed by atoms with E-state index in [1.165, 1.54) is 17.3 Å². The van der Waals surface area contributed by atoms with E-state index in [1.54, 1.807) is 0 Å². The Hall–Kier alpha value is -2.32. The highest BCUT2D eigenvalue weighted by molar-refractivity contribution is 8.00. The third-order valence-electron chi connectivity index (χ3n) is 5.40. The molecule has 0 saturated heterocycles. The number of nitrogens with zero attached hydrogens (tertiary/aromatic N) is 2. The maximum absolute atomic E-state index is 12.5. The quantitative estimate of drug-likeness (QED) is 0.723. The number of fused-ring (bicyclic) bond motifs is 1. The van der Waals surface area contributed by atoms with Crippen molar-refractivity contribution in [2.45, 2.75) is 57.2 Å². The summed E-state index contributed by atoms with van der Waals surface area (Å²) in [6.45, 7) is 8.68. The van der Waals surface area contributed by atoms with Gasteiger partial charge in [0.1, 0.15) is 11.1 Å². The van der Waals surface area contributed by atoms with Gasteiger partial charge in [-0.1, -0.05) is 50.7 Å². The summed E-state index contributed by atoms with van der Waals surface area (Å²) in [4.78, 5) is 17.3. The normalized spacial score (nSPS) is 17.3. The van der Waals surface area contributed by atoms with Crippen LogP contribution in [0.4, 0.5) is 5.69 Å². The number of aromatic nitrogens is 1. The first-order valence-corrected chi connectivity index (χ1v) is 10.6. The Labute approximate surface area is 171 Å². The van der Waals surface area contributed by atoms with Gasteiger partial charge >= 0.3 is 0 Å². The first-order valence-electron chi connectivity index (χ1n) is 9.73. The van der Waals surface area contributed by atoms with Crippen molar-refractivity contribution in [1.82, 2.24) is 4.98 Å². The molecule has 2 unspecified atom stereocenters. The average Bonchev–Trinajstić information content (AvgIpc) is 2.67. The van der Waals surface area contributed by atoms with Crippen LogP contribution < -0.4 is 5.32 Å². The number of thioether (sulfide) groups is 1. The SMILES string of the molecule is CC(Sc1nc2c(cc1C#N)CC(C(C)(C)C)CC2)C(=O)Nc1ccccc1. The number of pyridine rings is 1.